The number of aromatic nitrogens is 2. The minimum Gasteiger partial charge on any atom is -0.449 e. The van der Waals surface area contributed by atoms with E-state index in [-0.39, 0.29) is 5.91 Å². The summed E-state index contributed by atoms with van der Waals surface area (Å²) in [6.45, 7) is 5.50. The average Bonchev–Trinajstić information content (AvgIpc) is 3.13. The van der Waals surface area contributed by atoms with Crippen LogP contribution in [0.15, 0.2) is 42.6 Å². The Labute approximate surface area is 154 Å². The van der Waals surface area contributed by atoms with Crippen LogP contribution in [-0.2, 0) is 0 Å². The minimum absolute atomic E-state index is 0.208. The number of amides is 1. The maximum Gasteiger partial charge on any atom is 0.267 e. The van der Waals surface area contributed by atoms with Gasteiger partial charge in [-0.05, 0) is 31.2 Å². The molecular formula is C19H17N3O3S. The minimum atomic E-state index is -0.698. The van der Waals surface area contributed by atoms with Crippen molar-refractivity contribution in [1.29, 1.82) is 0 Å². The number of nitrogens with zero attached hydrogens (tertiary/aromatic N) is 2. The Bertz CT molecular complexity index is 983. The second-order valence-electron chi connectivity index (χ2n) is 6.37. The molecule has 2 aromatic heterocycles. The third kappa shape index (κ3) is 3.13. The monoisotopic (exact) mass is 367 g/mol. The van der Waals surface area contributed by atoms with E-state index in [1.54, 1.807) is 24.4 Å². The van der Waals surface area contributed by atoms with Gasteiger partial charge in [0.05, 0.1) is 11.4 Å². The number of nitrogens with one attached hydrogen (secondary N) is 1. The van der Waals surface area contributed by atoms with Crippen LogP contribution in [0.2, 0.25) is 0 Å². The standard InChI is InChI=1S/C19H17N3O3S/c1-11-16(26-18(21-11)13-6-4-5-9-20-13)17(23)22-12-7-8-14-15(10-12)25-19(2,3)24-14/h4-10H,1-3H3,(H,22,23). The molecule has 26 heavy (non-hydrogen) atoms. The van der Waals surface area contributed by atoms with Gasteiger partial charge in [0, 0.05) is 31.8 Å². The number of benzene rings is 1. The zero-order valence-corrected chi connectivity index (χ0v) is 15.4. The van der Waals surface area contributed by atoms with E-state index in [0.717, 1.165) is 10.7 Å². The summed E-state index contributed by atoms with van der Waals surface area (Å²) in [5.74, 6) is 0.374. The molecule has 132 valence electrons. The first kappa shape index (κ1) is 16.5. The summed E-state index contributed by atoms with van der Waals surface area (Å²) in [5, 5.41) is 3.62. The van der Waals surface area contributed by atoms with Crippen LogP contribution < -0.4 is 14.8 Å². The van der Waals surface area contributed by atoms with Crippen molar-refractivity contribution in [3.63, 3.8) is 0 Å². The molecule has 0 unspecified atom stereocenters. The van der Waals surface area contributed by atoms with Gasteiger partial charge in [-0.3, -0.25) is 9.78 Å². The molecule has 3 heterocycles. The van der Waals surface area contributed by atoms with E-state index >= 15 is 0 Å². The van der Waals surface area contributed by atoms with Crippen molar-refractivity contribution in [2.24, 2.45) is 0 Å². The molecule has 0 spiro atoms. The fraction of sp³-hybridized carbons (Fsp3) is 0.211. The number of carbonyl (C=O) groups is 1. The summed E-state index contributed by atoms with van der Waals surface area (Å²) < 4.78 is 11.4. The molecule has 3 aromatic rings. The third-order valence-corrected chi connectivity index (χ3v) is 4.98. The molecule has 0 aliphatic carbocycles. The number of hydrogen-bond acceptors (Lipinski definition) is 6. The van der Waals surface area contributed by atoms with E-state index in [1.165, 1.54) is 11.3 Å². The summed E-state index contributed by atoms with van der Waals surface area (Å²) in [6, 6.07) is 11.0. The number of hydrogen-bond donors (Lipinski definition) is 1. The average molecular weight is 367 g/mol. The molecule has 0 radical (unpaired) electrons. The van der Waals surface area contributed by atoms with Gasteiger partial charge in [-0.2, -0.15) is 0 Å². The van der Waals surface area contributed by atoms with Crippen LogP contribution in [0.3, 0.4) is 0 Å². The first-order valence-corrected chi connectivity index (χ1v) is 8.95. The predicted molar refractivity (Wildman–Crippen MR) is 99.8 cm³/mol. The Morgan fingerprint density at radius 3 is 2.73 bits per heavy atom. The largest absolute Gasteiger partial charge is 0.449 e. The van der Waals surface area contributed by atoms with E-state index in [1.807, 2.05) is 39.0 Å². The van der Waals surface area contributed by atoms with Crippen LogP contribution in [0.25, 0.3) is 10.7 Å². The quantitative estimate of drug-likeness (QED) is 0.748. The topological polar surface area (TPSA) is 73.3 Å². The van der Waals surface area contributed by atoms with Crippen molar-refractivity contribution >= 4 is 22.9 Å². The smallest absolute Gasteiger partial charge is 0.267 e. The SMILES string of the molecule is Cc1nc(-c2ccccn2)sc1C(=O)Nc1ccc2c(c1)OC(C)(C)O2. The Morgan fingerprint density at radius 1 is 1.15 bits per heavy atom. The lowest BCUT2D eigenvalue weighted by atomic mass is 10.2. The van der Waals surface area contributed by atoms with Gasteiger partial charge in [0.2, 0.25) is 5.79 Å². The third-order valence-electron chi connectivity index (χ3n) is 3.80. The number of anilines is 1. The van der Waals surface area contributed by atoms with Gasteiger partial charge in [0.25, 0.3) is 5.91 Å². The van der Waals surface area contributed by atoms with Gasteiger partial charge in [-0.1, -0.05) is 6.07 Å². The van der Waals surface area contributed by atoms with Crippen LogP contribution in [0, 0.1) is 6.92 Å². The maximum atomic E-state index is 12.7. The Balaban J connectivity index is 1.56. The molecule has 6 nitrogen and oxygen atoms in total. The zero-order chi connectivity index (χ0) is 18.3. The summed E-state index contributed by atoms with van der Waals surface area (Å²) in [4.78, 5) is 22.0. The Morgan fingerprint density at radius 2 is 1.96 bits per heavy atom. The van der Waals surface area contributed by atoms with Crippen molar-refractivity contribution in [3.05, 3.63) is 53.2 Å². The second kappa shape index (κ2) is 6.10. The van der Waals surface area contributed by atoms with Crippen molar-refractivity contribution in [1.82, 2.24) is 9.97 Å². The van der Waals surface area contributed by atoms with E-state index < -0.39 is 5.79 Å². The zero-order valence-electron chi connectivity index (χ0n) is 14.6. The highest BCUT2D eigenvalue weighted by Crippen LogP contribution is 2.40. The van der Waals surface area contributed by atoms with Gasteiger partial charge >= 0.3 is 0 Å². The number of thiazole rings is 1. The van der Waals surface area contributed by atoms with Crippen LogP contribution in [0.4, 0.5) is 5.69 Å². The van der Waals surface area contributed by atoms with Crippen LogP contribution in [-0.4, -0.2) is 21.7 Å². The van der Waals surface area contributed by atoms with Crippen molar-refractivity contribution < 1.29 is 14.3 Å². The van der Waals surface area contributed by atoms with Gasteiger partial charge in [-0.15, -0.1) is 11.3 Å². The van der Waals surface area contributed by atoms with E-state index in [4.69, 9.17) is 9.47 Å². The number of fused-ring (bicyclic) bond motifs is 1. The normalized spacial score (nSPS) is 14.3. The molecule has 0 saturated carbocycles. The number of carbonyl (C=O) groups excluding carboxylic acids is 1. The van der Waals surface area contributed by atoms with Crippen LogP contribution in [0.5, 0.6) is 11.5 Å². The lowest BCUT2D eigenvalue weighted by Gasteiger charge is -2.16. The lowest BCUT2D eigenvalue weighted by Crippen LogP contribution is -2.29. The van der Waals surface area contributed by atoms with Crippen molar-refractivity contribution in [2.75, 3.05) is 5.32 Å². The highest BCUT2D eigenvalue weighted by molar-refractivity contribution is 7.17. The van der Waals surface area contributed by atoms with Crippen molar-refractivity contribution in [3.8, 4) is 22.2 Å². The van der Waals surface area contributed by atoms with E-state index in [9.17, 15) is 4.79 Å². The number of pyridine rings is 1. The molecule has 0 fully saturated rings. The molecule has 0 saturated heterocycles. The number of ether oxygens (including phenoxy) is 2. The summed E-state index contributed by atoms with van der Waals surface area (Å²) in [6.07, 6.45) is 1.71. The van der Waals surface area contributed by atoms with Gasteiger partial charge < -0.3 is 14.8 Å². The second-order valence-corrected chi connectivity index (χ2v) is 7.37. The van der Waals surface area contributed by atoms with Gasteiger partial charge in [0.15, 0.2) is 11.5 Å². The molecule has 1 aliphatic heterocycles. The van der Waals surface area contributed by atoms with E-state index in [2.05, 4.69) is 15.3 Å². The first-order chi connectivity index (χ1) is 12.4. The number of aryl methyl sites for hydroxylation is 1. The molecule has 4 rings (SSSR count). The Hall–Kier alpha value is -2.93. The van der Waals surface area contributed by atoms with E-state index in [0.29, 0.717) is 27.8 Å². The summed E-state index contributed by atoms with van der Waals surface area (Å²) >= 11 is 1.32. The maximum absolute atomic E-state index is 12.7. The molecule has 7 heteroatoms. The van der Waals surface area contributed by atoms with Gasteiger partial charge in [0.1, 0.15) is 9.88 Å². The molecule has 1 amide bonds. The molecule has 0 atom stereocenters. The van der Waals surface area contributed by atoms with Gasteiger partial charge in [-0.25, -0.2) is 4.98 Å². The number of rotatable bonds is 3. The fourth-order valence-electron chi connectivity index (χ4n) is 2.69. The summed E-state index contributed by atoms with van der Waals surface area (Å²) in [5.41, 5.74) is 2.07. The molecular weight excluding hydrogens is 350 g/mol. The fourth-order valence-corrected chi connectivity index (χ4v) is 3.63. The Kier molecular flexibility index (Phi) is 3.88. The highest BCUT2D eigenvalue weighted by Gasteiger charge is 2.31. The highest BCUT2D eigenvalue weighted by atomic mass is 32.1. The molecule has 1 N–H and O–H groups in total. The van der Waals surface area contributed by atoms with Crippen LogP contribution in [0.1, 0.15) is 29.2 Å². The molecule has 1 aromatic carbocycles. The molecule has 1 aliphatic rings. The predicted octanol–water partition coefficient (Wildman–Crippen LogP) is 4.27. The summed E-state index contributed by atoms with van der Waals surface area (Å²) in [7, 11) is 0. The molecule has 0 bridgehead atoms. The lowest BCUT2D eigenvalue weighted by molar-refractivity contribution is -0.0431. The van der Waals surface area contributed by atoms with Crippen molar-refractivity contribution in [2.45, 2.75) is 26.6 Å². The first-order valence-electron chi connectivity index (χ1n) is 8.13. The van der Waals surface area contributed by atoms with Crippen LogP contribution >= 0.6 is 11.3 Å².